The van der Waals surface area contributed by atoms with E-state index >= 15 is 0 Å². The van der Waals surface area contributed by atoms with Crippen molar-refractivity contribution < 1.29 is 9.53 Å². The van der Waals surface area contributed by atoms with E-state index in [0.717, 1.165) is 30.0 Å². The lowest BCUT2D eigenvalue weighted by Crippen LogP contribution is -2.22. The molecule has 102 valence electrons. The first-order chi connectivity index (χ1) is 8.99. The molecule has 0 saturated carbocycles. The highest BCUT2D eigenvalue weighted by Gasteiger charge is 2.12. The molecule has 0 amide bonds. The van der Waals surface area contributed by atoms with Crippen LogP contribution in [0.1, 0.15) is 10.4 Å². The Hall–Kier alpha value is -1.46. The van der Waals surface area contributed by atoms with Crippen molar-refractivity contribution in [2.75, 3.05) is 6.61 Å². The van der Waals surface area contributed by atoms with Crippen molar-refractivity contribution in [2.45, 2.75) is 32.4 Å². The van der Waals surface area contributed by atoms with E-state index in [-0.39, 0.29) is 0 Å². The number of fused-ring (bicyclic) bond motifs is 1. The van der Waals surface area contributed by atoms with Crippen LogP contribution in [0.3, 0.4) is 0 Å². The summed E-state index contributed by atoms with van der Waals surface area (Å²) in [4.78, 5) is 15.0. The Kier molecular flexibility index (Phi) is 4.16. The summed E-state index contributed by atoms with van der Waals surface area (Å²) in [6.07, 6.45) is 4.35. The van der Waals surface area contributed by atoms with Gasteiger partial charge >= 0.3 is 0 Å². The number of pyridine rings is 1. The molecule has 2 heterocycles. The van der Waals surface area contributed by atoms with Gasteiger partial charge in [0.1, 0.15) is 12.4 Å². The molecule has 4 nitrogen and oxygen atoms in total. The molecule has 2 aromatic heterocycles. The normalized spacial score (nSPS) is 11.9. The minimum Gasteiger partial charge on any atom is -0.361 e. The lowest BCUT2D eigenvalue weighted by atomic mass is 10.2. The van der Waals surface area contributed by atoms with Crippen molar-refractivity contribution >= 4 is 25.4 Å². The van der Waals surface area contributed by atoms with Gasteiger partial charge in [-0.05, 0) is 18.2 Å². The Morgan fingerprint density at radius 2 is 2.21 bits per heavy atom. The summed E-state index contributed by atoms with van der Waals surface area (Å²) < 4.78 is 7.67. The van der Waals surface area contributed by atoms with Gasteiger partial charge in [0.2, 0.25) is 0 Å². The number of carbonyl (C=O) groups is 1. The van der Waals surface area contributed by atoms with Crippen LogP contribution in [0.4, 0.5) is 0 Å². The number of nitrogens with zero attached hydrogens (tertiary/aromatic N) is 2. The highest BCUT2D eigenvalue weighted by molar-refractivity contribution is 6.76. The number of carbonyl (C=O) groups excluding carboxylic acids is 1. The van der Waals surface area contributed by atoms with Crippen LogP contribution in [-0.4, -0.2) is 30.5 Å². The number of aromatic nitrogens is 2. The fraction of sp³-hybridized carbons (Fsp3) is 0.429. The van der Waals surface area contributed by atoms with Gasteiger partial charge in [-0.2, -0.15) is 0 Å². The highest BCUT2D eigenvalue weighted by Crippen LogP contribution is 2.15. The molecular formula is C14H20N2O2Si. The average molecular weight is 276 g/mol. The van der Waals surface area contributed by atoms with E-state index in [2.05, 4.69) is 24.6 Å². The summed E-state index contributed by atoms with van der Waals surface area (Å²) in [5, 5.41) is 0.971. The average Bonchev–Trinajstić information content (AvgIpc) is 2.75. The van der Waals surface area contributed by atoms with Crippen LogP contribution >= 0.6 is 0 Å². The molecule has 0 N–H and O–H groups in total. The molecule has 0 unspecified atom stereocenters. The number of rotatable bonds is 6. The van der Waals surface area contributed by atoms with Crippen LogP contribution in [0.15, 0.2) is 24.5 Å². The molecule has 19 heavy (non-hydrogen) atoms. The fourth-order valence-corrected chi connectivity index (χ4v) is 2.56. The van der Waals surface area contributed by atoms with Gasteiger partial charge in [-0.25, -0.2) is 4.98 Å². The Morgan fingerprint density at radius 3 is 2.89 bits per heavy atom. The molecule has 0 bridgehead atoms. The van der Waals surface area contributed by atoms with E-state index in [0.29, 0.717) is 12.3 Å². The monoisotopic (exact) mass is 276 g/mol. The van der Waals surface area contributed by atoms with Crippen LogP contribution in [0.25, 0.3) is 11.0 Å². The minimum atomic E-state index is -1.03. The standard InChI is InChI=1S/C14H20N2O2Si/c1-19(2,3)7-6-18-11-16-5-4-13-8-12(10-17)9-15-14(13)16/h4-5,8-10H,6-7,11H2,1-3H3. The molecule has 0 aromatic carbocycles. The van der Waals surface area contributed by atoms with Crippen LogP contribution < -0.4 is 0 Å². The third-order valence-corrected chi connectivity index (χ3v) is 4.69. The maximum atomic E-state index is 10.7. The van der Waals surface area contributed by atoms with Crippen molar-refractivity contribution in [1.82, 2.24) is 9.55 Å². The van der Waals surface area contributed by atoms with Crippen molar-refractivity contribution in [1.29, 1.82) is 0 Å². The van der Waals surface area contributed by atoms with Gasteiger partial charge in [-0.3, -0.25) is 4.79 Å². The van der Waals surface area contributed by atoms with E-state index in [9.17, 15) is 4.79 Å². The van der Waals surface area contributed by atoms with Crippen LogP contribution in [0, 0.1) is 0 Å². The number of ether oxygens (including phenoxy) is 1. The topological polar surface area (TPSA) is 44.1 Å². The van der Waals surface area contributed by atoms with E-state index in [1.807, 2.05) is 22.9 Å². The first-order valence-corrected chi connectivity index (χ1v) is 10.2. The zero-order chi connectivity index (χ0) is 13.9. The minimum absolute atomic E-state index is 0.515. The molecule has 0 saturated heterocycles. The Labute approximate surface area is 114 Å². The van der Waals surface area contributed by atoms with Gasteiger partial charge in [-0.1, -0.05) is 19.6 Å². The molecule has 0 radical (unpaired) electrons. The number of aldehydes is 1. The maximum absolute atomic E-state index is 10.7. The quantitative estimate of drug-likeness (QED) is 0.462. The molecule has 2 rings (SSSR count). The number of hydrogen-bond acceptors (Lipinski definition) is 3. The summed E-state index contributed by atoms with van der Waals surface area (Å²) in [5.41, 5.74) is 1.46. The zero-order valence-electron chi connectivity index (χ0n) is 11.7. The summed E-state index contributed by atoms with van der Waals surface area (Å²) >= 11 is 0. The Balaban J connectivity index is 2.00. The third kappa shape index (κ3) is 3.75. The van der Waals surface area contributed by atoms with Gasteiger partial charge in [0.05, 0.1) is 0 Å². The second-order valence-electron chi connectivity index (χ2n) is 5.93. The largest absolute Gasteiger partial charge is 0.361 e. The van der Waals surface area contributed by atoms with Crippen molar-refractivity contribution in [3.05, 3.63) is 30.1 Å². The zero-order valence-corrected chi connectivity index (χ0v) is 12.7. The van der Waals surface area contributed by atoms with Crippen LogP contribution in [-0.2, 0) is 11.5 Å². The van der Waals surface area contributed by atoms with Gasteiger partial charge < -0.3 is 9.30 Å². The van der Waals surface area contributed by atoms with Crippen molar-refractivity contribution in [2.24, 2.45) is 0 Å². The Bertz CT molecular complexity index is 572. The molecule has 0 aliphatic carbocycles. The Morgan fingerprint density at radius 1 is 1.42 bits per heavy atom. The van der Waals surface area contributed by atoms with Gasteiger partial charge in [0.15, 0.2) is 6.29 Å². The second kappa shape index (κ2) is 5.67. The first-order valence-electron chi connectivity index (χ1n) is 6.47. The first kappa shape index (κ1) is 14.0. The van der Waals surface area contributed by atoms with Gasteiger partial charge in [0.25, 0.3) is 0 Å². The fourth-order valence-electron chi connectivity index (χ4n) is 1.80. The molecule has 0 aliphatic rings. The predicted molar refractivity (Wildman–Crippen MR) is 79.2 cm³/mol. The lowest BCUT2D eigenvalue weighted by Gasteiger charge is -2.15. The third-order valence-electron chi connectivity index (χ3n) is 2.99. The summed E-state index contributed by atoms with van der Waals surface area (Å²) in [6, 6.07) is 4.96. The highest BCUT2D eigenvalue weighted by atomic mass is 28.3. The smallest absolute Gasteiger partial charge is 0.151 e. The summed E-state index contributed by atoms with van der Waals surface area (Å²) in [7, 11) is -1.03. The molecule has 5 heteroatoms. The maximum Gasteiger partial charge on any atom is 0.151 e. The van der Waals surface area contributed by atoms with E-state index in [1.54, 1.807) is 6.20 Å². The molecule has 2 aromatic rings. The predicted octanol–water partition coefficient (Wildman–Crippen LogP) is 3.16. The molecule has 0 aliphatic heterocycles. The lowest BCUT2D eigenvalue weighted by molar-refractivity contribution is 0.0899. The van der Waals surface area contributed by atoms with E-state index in [1.165, 1.54) is 0 Å². The van der Waals surface area contributed by atoms with Gasteiger partial charge in [-0.15, -0.1) is 0 Å². The second-order valence-corrected chi connectivity index (χ2v) is 11.6. The van der Waals surface area contributed by atoms with Crippen molar-refractivity contribution in [3.63, 3.8) is 0 Å². The van der Waals surface area contributed by atoms with E-state index < -0.39 is 8.07 Å². The van der Waals surface area contributed by atoms with Gasteiger partial charge in [0, 0.05) is 38.0 Å². The van der Waals surface area contributed by atoms with E-state index in [4.69, 9.17) is 4.74 Å². The molecule has 0 fully saturated rings. The van der Waals surface area contributed by atoms with Crippen LogP contribution in [0.5, 0.6) is 0 Å². The van der Waals surface area contributed by atoms with Crippen LogP contribution in [0.2, 0.25) is 25.7 Å². The molecular weight excluding hydrogens is 256 g/mol. The number of hydrogen-bond donors (Lipinski definition) is 0. The van der Waals surface area contributed by atoms with Crippen molar-refractivity contribution in [3.8, 4) is 0 Å². The summed E-state index contributed by atoms with van der Waals surface area (Å²) in [6.45, 7) is 8.32. The molecule has 0 atom stereocenters. The molecule has 0 spiro atoms. The summed E-state index contributed by atoms with van der Waals surface area (Å²) in [5.74, 6) is 0. The SMILES string of the molecule is C[Si](C)(C)CCOCn1ccc2cc(C=O)cnc21.